The molecule has 0 spiro atoms. The lowest BCUT2D eigenvalue weighted by Gasteiger charge is -2.27. The first-order valence-corrected chi connectivity index (χ1v) is 19.9. The Balaban J connectivity index is 1.25. The van der Waals surface area contributed by atoms with Crippen molar-refractivity contribution in [2.75, 3.05) is 4.90 Å². The number of benzene rings is 9. The molecular weight excluding hydrogens is 707 g/mol. The van der Waals surface area contributed by atoms with E-state index in [-0.39, 0.29) is 52.4 Å². The van der Waals surface area contributed by atoms with Gasteiger partial charge in [-0.15, -0.1) is 11.3 Å². The standard InChI is InChI=1S/C55H39NS/c1-55(2)49-21-12-11-19-44(49)45-33-28-40(34-50(45)55)47-35-48-53-51(22-13-23-52(53)57-54(48)46-20-10-9-18-43(46)47)56(41-29-24-38(25-30-41)36-14-5-3-6-15-36)42-31-26-39(27-32-42)37-16-7-4-8-17-37/h3-35H,1-2H3/i9D,10D,13D,18D,20D,22D,23D,35D. The zero-order chi connectivity index (χ0) is 45.1. The molecule has 57 heavy (non-hydrogen) atoms. The Hall–Kier alpha value is -6.74. The van der Waals surface area contributed by atoms with Gasteiger partial charge in [0.1, 0.15) is 0 Å². The molecule has 2 heteroatoms. The molecule has 1 aromatic heterocycles. The second-order valence-electron chi connectivity index (χ2n) is 15.1. The van der Waals surface area contributed by atoms with E-state index < -0.39 is 12.1 Å². The fourth-order valence-corrected chi connectivity index (χ4v) is 9.74. The summed E-state index contributed by atoms with van der Waals surface area (Å²) in [6, 6.07) is 48.5. The molecule has 0 amide bonds. The first-order valence-electron chi connectivity index (χ1n) is 23.1. The van der Waals surface area contributed by atoms with E-state index in [2.05, 4.69) is 32.0 Å². The highest BCUT2D eigenvalue weighted by molar-refractivity contribution is 7.26. The second kappa shape index (κ2) is 13.2. The van der Waals surface area contributed by atoms with Crippen LogP contribution in [-0.2, 0) is 5.41 Å². The monoisotopic (exact) mass is 753 g/mol. The minimum absolute atomic E-state index is 0.0219. The van der Waals surface area contributed by atoms with E-state index in [1.54, 1.807) is 0 Å². The fraction of sp³-hybridized carbons (Fsp3) is 0.0545. The van der Waals surface area contributed by atoms with Crippen LogP contribution in [0.4, 0.5) is 17.1 Å². The molecular formula is C55H39NS. The van der Waals surface area contributed by atoms with Crippen molar-refractivity contribution < 1.29 is 11.0 Å². The van der Waals surface area contributed by atoms with E-state index in [1.807, 2.05) is 138 Å². The minimum atomic E-state index is -0.400. The number of hydrogen-bond acceptors (Lipinski definition) is 2. The predicted molar refractivity (Wildman–Crippen MR) is 245 cm³/mol. The first kappa shape index (κ1) is 26.2. The van der Waals surface area contributed by atoms with Crippen molar-refractivity contribution in [1.29, 1.82) is 0 Å². The molecule has 1 aliphatic carbocycles. The average molecular weight is 754 g/mol. The van der Waals surface area contributed by atoms with Crippen molar-refractivity contribution in [3.63, 3.8) is 0 Å². The summed E-state index contributed by atoms with van der Waals surface area (Å²) in [4.78, 5) is 1.93. The first-order chi connectivity index (χ1) is 31.4. The van der Waals surface area contributed by atoms with Gasteiger partial charge in [-0.2, -0.15) is 0 Å². The maximum Gasteiger partial charge on any atom is 0.0645 e. The van der Waals surface area contributed by atoms with E-state index >= 15 is 0 Å². The summed E-state index contributed by atoms with van der Waals surface area (Å²) in [6.07, 6.45) is 0. The van der Waals surface area contributed by atoms with Gasteiger partial charge < -0.3 is 4.90 Å². The lowest BCUT2D eigenvalue weighted by atomic mass is 9.81. The lowest BCUT2D eigenvalue weighted by Crippen LogP contribution is -2.14. The molecule has 0 saturated heterocycles. The van der Waals surface area contributed by atoms with Crippen LogP contribution in [0.25, 0.3) is 75.5 Å². The Labute approximate surface area is 349 Å². The van der Waals surface area contributed by atoms with Crippen LogP contribution in [0.15, 0.2) is 200 Å². The second-order valence-corrected chi connectivity index (χ2v) is 16.1. The van der Waals surface area contributed by atoms with E-state index in [4.69, 9.17) is 2.74 Å². The van der Waals surface area contributed by atoms with Crippen LogP contribution in [-0.4, -0.2) is 0 Å². The smallest absolute Gasteiger partial charge is 0.0645 e. The Kier molecular flexibility index (Phi) is 6.06. The van der Waals surface area contributed by atoms with Crippen LogP contribution in [0.1, 0.15) is 35.9 Å². The van der Waals surface area contributed by atoms with Crippen molar-refractivity contribution in [3.8, 4) is 44.5 Å². The maximum absolute atomic E-state index is 10.3. The van der Waals surface area contributed by atoms with Gasteiger partial charge in [-0.3, -0.25) is 0 Å². The predicted octanol–water partition coefficient (Wildman–Crippen LogP) is 16.0. The number of rotatable bonds is 6. The highest BCUT2D eigenvalue weighted by atomic mass is 32.1. The summed E-state index contributed by atoms with van der Waals surface area (Å²) in [5, 5.41) is 1.24. The van der Waals surface area contributed by atoms with Gasteiger partial charge in [-0.1, -0.05) is 165 Å². The summed E-state index contributed by atoms with van der Waals surface area (Å²) in [7, 11) is 0. The normalized spacial score (nSPS) is 14.8. The van der Waals surface area contributed by atoms with Crippen molar-refractivity contribution in [2.24, 2.45) is 0 Å². The molecule has 10 aromatic rings. The molecule has 0 aliphatic heterocycles. The Morgan fingerprint density at radius 1 is 0.474 bits per heavy atom. The molecule has 270 valence electrons. The molecule has 0 bridgehead atoms. The fourth-order valence-electron chi connectivity index (χ4n) is 8.63. The van der Waals surface area contributed by atoms with Gasteiger partial charge in [0.15, 0.2) is 0 Å². The summed E-state index contributed by atoms with van der Waals surface area (Å²) in [5.41, 5.74) is 10.8. The topological polar surface area (TPSA) is 3.24 Å². The molecule has 0 unspecified atom stereocenters. The van der Waals surface area contributed by atoms with Crippen molar-refractivity contribution >= 4 is 59.3 Å². The summed E-state index contributed by atoms with van der Waals surface area (Å²) in [5.74, 6) is 0. The number of hydrogen-bond donors (Lipinski definition) is 0. The average Bonchev–Trinajstić information content (AvgIpc) is 3.84. The molecule has 11 rings (SSSR count). The van der Waals surface area contributed by atoms with E-state index in [9.17, 15) is 8.22 Å². The van der Waals surface area contributed by atoms with Gasteiger partial charge in [-0.05, 0) is 109 Å². The summed E-state index contributed by atoms with van der Waals surface area (Å²) in [6.45, 7) is 4.35. The Morgan fingerprint density at radius 2 is 1.04 bits per heavy atom. The van der Waals surface area contributed by atoms with Crippen LogP contribution >= 0.6 is 11.3 Å². The van der Waals surface area contributed by atoms with Crippen molar-refractivity contribution in [3.05, 3.63) is 211 Å². The Morgan fingerprint density at radius 3 is 1.70 bits per heavy atom. The third-order valence-electron chi connectivity index (χ3n) is 11.5. The SMILES string of the molecule is [2H]c1c([2H])c(N(c2ccc(-c3ccccc3)cc2)c2ccc(-c3ccccc3)cc2)c2c(sc3c4c([2H])c([2H])c([2H])c([2H])c4c(-c4ccc5c(c4)C(C)(C)c4ccccc4-5)c([2H])c32)c1[2H]. The Bertz CT molecular complexity index is 3500. The van der Waals surface area contributed by atoms with Crippen molar-refractivity contribution in [1.82, 2.24) is 0 Å². The number of anilines is 3. The van der Waals surface area contributed by atoms with Gasteiger partial charge >= 0.3 is 0 Å². The molecule has 0 N–H and O–H groups in total. The highest BCUT2D eigenvalue weighted by Gasteiger charge is 2.35. The molecule has 0 saturated carbocycles. The minimum Gasteiger partial charge on any atom is -0.310 e. The van der Waals surface area contributed by atoms with Crippen LogP contribution in [0, 0.1) is 0 Å². The van der Waals surface area contributed by atoms with Gasteiger partial charge in [0.2, 0.25) is 0 Å². The quantitative estimate of drug-likeness (QED) is 0.163. The van der Waals surface area contributed by atoms with Crippen molar-refractivity contribution in [2.45, 2.75) is 19.3 Å². The molecule has 1 aliphatic rings. The zero-order valence-electron chi connectivity index (χ0n) is 39.3. The zero-order valence-corrected chi connectivity index (χ0v) is 32.1. The van der Waals surface area contributed by atoms with Gasteiger partial charge in [0.25, 0.3) is 0 Å². The van der Waals surface area contributed by atoms with E-state index in [0.29, 0.717) is 48.4 Å². The van der Waals surface area contributed by atoms with Crippen LogP contribution in [0.5, 0.6) is 0 Å². The van der Waals surface area contributed by atoms with Gasteiger partial charge in [0, 0.05) is 42.3 Å². The number of thiophene rings is 1. The maximum atomic E-state index is 10.3. The van der Waals surface area contributed by atoms with Crippen LogP contribution < -0.4 is 4.90 Å². The van der Waals surface area contributed by atoms with E-state index in [1.165, 1.54) is 5.56 Å². The third-order valence-corrected chi connectivity index (χ3v) is 12.6. The highest BCUT2D eigenvalue weighted by Crippen LogP contribution is 2.52. The van der Waals surface area contributed by atoms with Gasteiger partial charge in [0.05, 0.1) is 16.7 Å². The van der Waals surface area contributed by atoms with Gasteiger partial charge in [-0.25, -0.2) is 0 Å². The molecule has 0 fully saturated rings. The summed E-state index contributed by atoms with van der Waals surface area (Å²) >= 11 is 1.14. The third kappa shape index (κ3) is 5.44. The largest absolute Gasteiger partial charge is 0.310 e. The molecule has 1 nitrogen and oxygen atoms in total. The summed E-state index contributed by atoms with van der Waals surface area (Å²) < 4.78 is 76.1. The molecule has 0 radical (unpaired) electrons. The molecule has 9 aromatic carbocycles. The van der Waals surface area contributed by atoms with E-state index in [0.717, 1.165) is 50.3 Å². The van der Waals surface area contributed by atoms with Crippen LogP contribution in [0.3, 0.4) is 0 Å². The number of nitrogens with zero attached hydrogens (tertiary/aromatic N) is 1. The lowest BCUT2D eigenvalue weighted by molar-refractivity contribution is 0.660. The molecule has 1 heterocycles. The van der Waals surface area contributed by atoms with Crippen LogP contribution in [0.2, 0.25) is 0 Å². The number of fused-ring (bicyclic) bond motifs is 8. The molecule has 0 atom stereocenters.